The number of fused-ring (bicyclic) bond motifs is 2. The second kappa shape index (κ2) is 3.80. The molecular formula is C12H22FN. The Morgan fingerprint density at radius 3 is 2.36 bits per heavy atom. The molecule has 0 aromatic heterocycles. The van der Waals surface area contributed by atoms with E-state index in [9.17, 15) is 4.39 Å². The van der Waals surface area contributed by atoms with E-state index in [1.807, 2.05) is 0 Å². The zero-order chi connectivity index (χ0) is 10.2. The maximum atomic E-state index is 14.0. The fourth-order valence-corrected chi connectivity index (χ4v) is 3.80. The summed E-state index contributed by atoms with van der Waals surface area (Å²) in [6.45, 7) is 2.57. The Balaban J connectivity index is 2.07. The molecule has 2 aliphatic rings. The van der Waals surface area contributed by atoms with Gasteiger partial charge in [0.15, 0.2) is 0 Å². The fourth-order valence-electron chi connectivity index (χ4n) is 3.80. The van der Waals surface area contributed by atoms with Crippen LogP contribution in [-0.4, -0.2) is 12.2 Å². The minimum atomic E-state index is -0.888. The molecule has 2 atom stereocenters. The Bertz CT molecular complexity index is 186. The van der Waals surface area contributed by atoms with Crippen molar-refractivity contribution in [3.63, 3.8) is 0 Å². The maximum Gasteiger partial charge on any atom is 0.108 e. The van der Waals surface area contributed by atoms with Gasteiger partial charge in [-0.1, -0.05) is 19.3 Å². The number of alkyl halides is 1. The summed E-state index contributed by atoms with van der Waals surface area (Å²) in [7, 11) is 0. The zero-order valence-corrected chi connectivity index (χ0v) is 9.14. The lowest BCUT2D eigenvalue weighted by Gasteiger charge is -2.47. The summed E-state index contributed by atoms with van der Waals surface area (Å²) in [6.07, 6.45) is 6.47. The topological polar surface area (TPSA) is 26.0 Å². The van der Waals surface area contributed by atoms with E-state index >= 15 is 0 Å². The lowest BCUT2D eigenvalue weighted by Crippen LogP contribution is -2.43. The van der Waals surface area contributed by atoms with Crippen molar-refractivity contribution >= 4 is 0 Å². The Kier molecular flexibility index (Phi) is 2.83. The first kappa shape index (κ1) is 10.4. The maximum absolute atomic E-state index is 14.0. The largest absolute Gasteiger partial charge is 0.330 e. The second-order valence-corrected chi connectivity index (χ2v) is 5.51. The van der Waals surface area contributed by atoms with E-state index in [1.165, 1.54) is 19.3 Å². The van der Waals surface area contributed by atoms with Gasteiger partial charge in [-0.25, -0.2) is 4.39 Å². The first-order valence-corrected chi connectivity index (χ1v) is 6.01. The molecule has 0 amide bonds. The van der Waals surface area contributed by atoms with Crippen molar-refractivity contribution in [3.05, 3.63) is 0 Å². The van der Waals surface area contributed by atoms with Crippen LogP contribution in [0.25, 0.3) is 0 Å². The van der Waals surface area contributed by atoms with Crippen LogP contribution in [0.1, 0.15) is 45.4 Å². The van der Waals surface area contributed by atoms with Gasteiger partial charge in [0.05, 0.1) is 0 Å². The van der Waals surface area contributed by atoms with Gasteiger partial charge < -0.3 is 5.73 Å². The molecule has 0 aromatic carbocycles. The smallest absolute Gasteiger partial charge is 0.108 e. The Labute approximate surface area is 86.2 Å². The van der Waals surface area contributed by atoms with Crippen LogP contribution in [0.15, 0.2) is 0 Å². The average molecular weight is 199 g/mol. The molecule has 2 saturated carbocycles. The number of rotatable bonds is 2. The Morgan fingerprint density at radius 1 is 1.29 bits per heavy atom. The molecule has 0 radical (unpaired) electrons. The molecule has 0 aliphatic heterocycles. The van der Waals surface area contributed by atoms with Gasteiger partial charge in [0, 0.05) is 0 Å². The van der Waals surface area contributed by atoms with Crippen molar-refractivity contribution in [2.75, 3.05) is 6.54 Å². The Hall–Kier alpha value is -0.110. The predicted octanol–water partition coefficient (Wildman–Crippen LogP) is 2.89. The van der Waals surface area contributed by atoms with E-state index in [0.29, 0.717) is 11.8 Å². The second-order valence-electron chi connectivity index (χ2n) is 5.51. The highest BCUT2D eigenvalue weighted by atomic mass is 19.1. The zero-order valence-electron chi connectivity index (χ0n) is 9.14. The van der Waals surface area contributed by atoms with Crippen molar-refractivity contribution in [1.29, 1.82) is 0 Å². The summed E-state index contributed by atoms with van der Waals surface area (Å²) in [4.78, 5) is 0. The molecule has 2 N–H and O–H groups in total. The number of hydrogen-bond acceptors (Lipinski definition) is 1. The summed E-state index contributed by atoms with van der Waals surface area (Å²) in [5.41, 5.74) is 4.75. The molecule has 0 saturated heterocycles. The van der Waals surface area contributed by atoms with Gasteiger partial charge in [0.1, 0.15) is 5.67 Å². The van der Waals surface area contributed by atoms with Crippen LogP contribution in [0, 0.1) is 17.8 Å². The minimum absolute atomic E-state index is 0.626. The van der Waals surface area contributed by atoms with Gasteiger partial charge in [-0.2, -0.15) is 0 Å². The molecule has 2 unspecified atom stereocenters. The van der Waals surface area contributed by atoms with Gasteiger partial charge >= 0.3 is 0 Å². The standard InChI is InChI=1S/C12H22FN/c1-12(13)7-9-3-2-4-10(8-12)11(9)5-6-14/h9-11H,2-8,14H2,1H3. The lowest BCUT2D eigenvalue weighted by molar-refractivity contribution is -0.0181. The quantitative estimate of drug-likeness (QED) is 0.727. The van der Waals surface area contributed by atoms with E-state index in [0.717, 1.165) is 31.7 Å². The summed E-state index contributed by atoms with van der Waals surface area (Å²) in [5.74, 6) is 1.99. The van der Waals surface area contributed by atoms with Gasteiger partial charge in [-0.3, -0.25) is 0 Å². The van der Waals surface area contributed by atoms with Crippen molar-refractivity contribution in [2.24, 2.45) is 23.5 Å². The highest BCUT2D eigenvalue weighted by Gasteiger charge is 2.44. The SMILES string of the molecule is CC1(F)CC2CCCC(C1)C2CCN. The van der Waals surface area contributed by atoms with Crippen LogP contribution < -0.4 is 5.73 Å². The predicted molar refractivity (Wildman–Crippen MR) is 56.7 cm³/mol. The molecule has 2 aliphatic carbocycles. The molecule has 82 valence electrons. The van der Waals surface area contributed by atoms with Crippen molar-refractivity contribution in [2.45, 2.75) is 51.1 Å². The van der Waals surface area contributed by atoms with Crippen LogP contribution in [0.3, 0.4) is 0 Å². The normalized spacial score (nSPS) is 47.8. The van der Waals surface area contributed by atoms with Gasteiger partial charge in [0.2, 0.25) is 0 Å². The molecule has 2 heteroatoms. The molecule has 0 spiro atoms. The fraction of sp³-hybridized carbons (Fsp3) is 1.00. The minimum Gasteiger partial charge on any atom is -0.330 e. The summed E-state index contributed by atoms with van der Waals surface area (Å²) in [6, 6.07) is 0. The summed E-state index contributed by atoms with van der Waals surface area (Å²) in [5, 5.41) is 0. The number of nitrogens with two attached hydrogens (primary N) is 1. The summed E-state index contributed by atoms with van der Waals surface area (Å²) >= 11 is 0. The molecule has 1 nitrogen and oxygen atoms in total. The number of hydrogen-bond donors (Lipinski definition) is 1. The van der Waals surface area contributed by atoms with E-state index < -0.39 is 5.67 Å². The monoisotopic (exact) mass is 199 g/mol. The molecule has 2 fully saturated rings. The van der Waals surface area contributed by atoms with Crippen molar-refractivity contribution < 1.29 is 4.39 Å². The van der Waals surface area contributed by atoms with Crippen LogP contribution in [0.2, 0.25) is 0 Å². The van der Waals surface area contributed by atoms with E-state index in [4.69, 9.17) is 5.73 Å². The molecular weight excluding hydrogens is 177 g/mol. The van der Waals surface area contributed by atoms with Gasteiger partial charge in [-0.15, -0.1) is 0 Å². The number of halogens is 1. The van der Waals surface area contributed by atoms with Gasteiger partial charge in [0.25, 0.3) is 0 Å². The lowest BCUT2D eigenvalue weighted by atomic mass is 9.60. The molecule has 14 heavy (non-hydrogen) atoms. The third-order valence-electron chi connectivity index (χ3n) is 4.24. The van der Waals surface area contributed by atoms with Crippen LogP contribution in [-0.2, 0) is 0 Å². The van der Waals surface area contributed by atoms with E-state index in [1.54, 1.807) is 6.92 Å². The van der Waals surface area contributed by atoms with Crippen molar-refractivity contribution in [1.82, 2.24) is 0 Å². The first-order valence-electron chi connectivity index (χ1n) is 6.01. The van der Waals surface area contributed by atoms with E-state index in [-0.39, 0.29) is 0 Å². The Morgan fingerprint density at radius 2 is 1.86 bits per heavy atom. The van der Waals surface area contributed by atoms with Crippen LogP contribution in [0.5, 0.6) is 0 Å². The van der Waals surface area contributed by atoms with Crippen molar-refractivity contribution in [3.8, 4) is 0 Å². The van der Waals surface area contributed by atoms with Gasteiger partial charge in [-0.05, 0) is 50.5 Å². The highest BCUT2D eigenvalue weighted by Crippen LogP contribution is 2.50. The third kappa shape index (κ3) is 1.95. The highest BCUT2D eigenvalue weighted by molar-refractivity contribution is 4.95. The molecule has 2 bridgehead atoms. The van der Waals surface area contributed by atoms with E-state index in [2.05, 4.69) is 0 Å². The summed E-state index contributed by atoms with van der Waals surface area (Å²) < 4.78 is 14.0. The molecule has 2 rings (SSSR count). The molecule has 0 aromatic rings. The molecule has 0 heterocycles. The third-order valence-corrected chi connectivity index (χ3v) is 4.24. The van der Waals surface area contributed by atoms with Crippen LogP contribution in [0.4, 0.5) is 4.39 Å². The van der Waals surface area contributed by atoms with Crippen LogP contribution >= 0.6 is 0 Å². The average Bonchev–Trinajstić information content (AvgIpc) is 2.06. The first-order chi connectivity index (χ1) is 6.62.